The summed E-state index contributed by atoms with van der Waals surface area (Å²) in [6, 6.07) is 4.09. The van der Waals surface area contributed by atoms with Crippen LogP contribution in [0, 0.1) is 10.1 Å². The molecule has 20 heavy (non-hydrogen) atoms. The van der Waals surface area contributed by atoms with Gasteiger partial charge in [-0.1, -0.05) is 6.42 Å². The van der Waals surface area contributed by atoms with Gasteiger partial charge in [-0.05, 0) is 25.0 Å². The largest absolute Gasteiger partial charge is 0.324 e. The Hall–Kier alpha value is -2.19. The molecule has 108 valence electrons. The molecule has 1 heterocycles. The van der Waals surface area contributed by atoms with Crippen molar-refractivity contribution >= 4 is 17.3 Å². The second kappa shape index (κ2) is 6.31. The summed E-state index contributed by atoms with van der Waals surface area (Å²) in [4.78, 5) is 22.6. The van der Waals surface area contributed by atoms with Crippen molar-refractivity contribution in [1.29, 1.82) is 0 Å². The van der Waals surface area contributed by atoms with Crippen LogP contribution in [-0.2, 0) is 0 Å². The van der Waals surface area contributed by atoms with Crippen molar-refractivity contribution in [2.75, 3.05) is 18.5 Å². The molecule has 1 saturated heterocycles. The monoisotopic (exact) mass is 279 g/mol. The van der Waals surface area contributed by atoms with Crippen LogP contribution in [0.15, 0.2) is 18.2 Å². The van der Waals surface area contributed by atoms with Gasteiger partial charge in [0.2, 0.25) is 0 Å². The van der Waals surface area contributed by atoms with E-state index in [-0.39, 0.29) is 11.3 Å². The van der Waals surface area contributed by atoms with Crippen LogP contribution in [0.3, 0.4) is 0 Å². The lowest BCUT2D eigenvalue weighted by Crippen LogP contribution is -2.45. The van der Waals surface area contributed by atoms with Crippen LogP contribution in [0.25, 0.3) is 0 Å². The Morgan fingerprint density at radius 1 is 1.30 bits per heavy atom. The molecular weight excluding hydrogens is 262 g/mol. The summed E-state index contributed by atoms with van der Waals surface area (Å²) in [6.07, 6.45) is 3.15. The number of nitro groups is 1. The number of hydrogen-bond donors (Lipinski definition) is 3. The van der Waals surface area contributed by atoms with Gasteiger partial charge in [0, 0.05) is 24.8 Å². The molecule has 8 heteroatoms. The number of carbonyl (C=O) groups excluding carboxylic acids is 1. The predicted octanol–water partition coefficient (Wildman–Crippen LogP) is 1.01. The summed E-state index contributed by atoms with van der Waals surface area (Å²) in [6.45, 7) is 1.52. The molecule has 0 unspecified atom stereocenters. The Labute approximate surface area is 116 Å². The number of amides is 1. The van der Waals surface area contributed by atoms with Gasteiger partial charge in [-0.15, -0.1) is 0 Å². The highest BCUT2D eigenvalue weighted by Crippen LogP contribution is 2.22. The van der Waals surface area contributed by atoms with Gasteiger partial charge in [-0.2, -0.15) is 0 Å². The quantitative estimate of drug-likeness (QED) is 0.430. The first-order valence-corrected chi connectivity index (χ1v) is 6.43. The van der Waals surface area contributed by atoms with Gasteiger partial charge in [-0.3, -0.25) is 26.2 Å². The molecule has 4 N–H and O–H groups in total. The van der Waals surface area contributed by atoms with E-state index in [1.54, 1.807) is 5.01 Å². The van der Waals surface area contributed by atoms with Crippen LogP contribution in [0.2, 0.25) is 0 Å². The normalized spacial score (nSPS) is 15.7. The number of carbonyl (C=O) groups is 1. The predicted molar refractivity (Wildman–Crippen MR) is 73.8 cm³/mol. The third-order valence-corrected chi connectivity index (χ3v) is 3.22. The molecule has 8 nitrogen and oxygen atoms in total. The third kappa shape index (κ3) is 3.22. The molecule has 1 amide bonds. The molecular formula is C12H17N5O3. The fourth-order valence-corrected chi connectivity index (χ4v) is 2.18. The van der Waals surface area contributed by atoms with Crippen LogP contribution < -0.4 is 16.7 Å². The summed E-state index contributed by atoms with van der Waals surface area (Å²) in [5.74, 6) is 4.78. The van der Waals surface area contributed by atoms with E-state index in [0.29, 0.717) is 5.69 Å². The number of nitrogens with zero attached hydrogens (tertiary/aromatic N) is 2. The summed E-state index contributed by atoms with van der Waals surface area (Å²) in [7, 11) is 0. The van der Waals surface area contributed by atoms with E-state index in [1.165, 1.54) is 18.2 Å². The number of rotatable bonds is 4. The number of benzene rings is 1. The highest BCUT2D eigenvalue weighted by atomic mass is 16.6. The van der Waals surface area contributed by atoms with Gasteiger partial charge in [0.25, 0.3) is 11.6 Å². The molecule has 0 aromatic heterocycles. The number of hydrazine groups is 2. The molecule has 1 aliphatic heterocycles. The highest BCUT2D eigenvalue weighted by molar-refractivity contribution is 5.98. The topological polar surface area (TPSA) is 114 Å². The standard InChI is InChI=1S/C12H17N5O3/c13-14-9-4-5-11(17(19)20)10(8-9)12(18)15-16-6-2-1-3-7-16/h4-5,8,14H,1-3,6-7,13H2,(H,15,18). The molecule has 1 aromatic carbocycles. The fourth-order valence-electron chi connectivity index (χ4n) is 2.18. The second-order valence-electron chi connectivity index (χ2n) is 4.62. The number of hydrogen-bond acceptors (Lipinski definition) is 6. The molecule has 2 rings (SSSR count). The smallest absolute Gasteiger partial charge is 0.282 e. The maximum atomic E-state index is 12.2. The van der Waals surface area contributed by atoms with Crippen molar-refractivity contribution in [3.05, 3.63) is 33.9 Å². The van der Waals surface area contributed by atoms with E-state index in [4.69, 9.17) is 5.84 Å². The van der Waals surface area contributed by atoms with Gasteiger partial charge in [-0.25, -0.2) is 5.01 Å². The molecule has 0 radical (unpaired) electrons. The first-order valence-electron chi connectivity index (χ1n) is 6.43. The van der Waals surface area contributed by atoms with E-state index in [0.717, 1.165) is 32.4 Å². The first kappa shape index (κ1) is 14.2. The zero-order valence-corrected chi connectivity index (χ0v) is 11.0. The third-order valence-electron chi connectivity index (χ3n) is 3.22. The number of nitrogens with one attached hydrogen (secondary N) is 2. The second-order valence-corrected chi connectivity index (χ2v) is 4.62. The molecule has 0 saturated carbocycles. The molecule has 0 atom stereocenters. The van der Waals surface area contributed by atoms with Crippen molar-refractivity contribution in [3.63, 3.8) is 0 Å². The SMILES string of the molecule is NNc1ccc([N+](=O)[O-])c(C(=O)NN2CCCCC2)c1. The van der Waals surface area contributed by atoms with Crippen LogP contribution in [0.1, 0.15) is 29.6 Å². The lowest BCUT2D eigenvalue weighted by molar-refractivity contribution is -0.385. The lowest BCUT2D eigenvalue weighted by Gasteiger charge is -2.26. The summed E-state index contributed by atoms with van der Waals surface area (Å²) in [5, 5.41) is 12.8. The number of nitro benzene ring substituents is 1. The van der Waals surface area contributed by atoms with Crippen molar-refractivity contribution < 1.29 is 9.72 Å². The zero-order valence-electron chi connectivity index (χ0n) is 11.0. The zero-order chi connectivity index (χ0) is 14.5. The minimum absolute atomic E-state index is 0.00368. The Bertz CT molecular complexity index is 514. The van der Waals surface area contributed by atoms with Crippen molar-refractivity contribution in [2.24, 2.45) is 5.84 Å². The number of nitrogens with two attached hydrogens (primary N) is 1. The number of piperidine rings is 1. The highest BCUT2D eigenvalue weighted by Gasteiger charge is 2.22. The van der Waals surface area contributed by atoms with E-state index in [2.05, 4.69) is 10.9 Å². The minimum Gasteiger partial charge on any atom is -0.324 e. The van der Waals surface area contributed by atoms with E-state index in [1.807, 2.05) is 0 Å². The summed E-state index contributed by atoms with van der Waals surface area (Å²) < 4.78 is 0. The van der Waals surface area contributed by atoms with Crippen LogP contribution >= 0.6 is 0 Å². The molecule has 0 aliphatic carbocycles. The van der Waals surface area contributed by atoms with Gasteiger partial charge >= 0.3 is 0 Å². The van der Waals surface area contributed by atoms with E-state index < -0.39 is 10.8 Å². The molecule has 1 aliphatic rings. The van der Waals surface area contributed by atoms with Crippen LogP contribution in [-0.4, -0.2) is 28.9 Å². The lowest BCUT2D eigenvalue weighted by atomic mass is 10.1. The average Bonchev–Trinajstić information content (AvgIpc) is 2.47. The number of nitrogen functional groups attached to an aromatic ring is 1. The van der Waals surface area contributed by atoms with Crippen molar-refractivity contribution in [3.8, 4) is 0 Å². The number of anilines is 1. The van der Waals surface area contributed by atoms with E-state index >= 15 is 0 Å². The van der Waals surface area contributed by atoms with Gasteiger partial charge < -0.3 is 5.43 Å². The maximum absolute atomic E-state index is 12.2. The van der Waals surface area contributed by atoms with Gasteiger partial charge in [0.15, 0.2) is 0 Å². The summed E-state index contributed by atoms with van der Waals surface area (Å²) >= 11 is 0. The maximum Gasteiger partial charge on any atom is 0.282 e. The fraction of sp³-hybridized carbons (Fsp3) is 0.417. The Morgan fingerprint density at radius 2 is 2.00 bits per heavy atom. The minimum atomic E-state index is -0.578. The van der Waals surface area contributed by atoms with Crippen LogP contribution in [0.5, 0.6) is 0 Å². The van der Waals surface area contributed by atoms with Gasteiger partial charge in [0.1, 0.15) is 5.56 Å². The van der Waals surface area contributed by atoms with E-state index in [9.17, 15) is 14.9 Å². The molecule has 1 fully saturated rings. The van der Waals surface area contributed by atoms with Crippen molar-refractivity contribution in [2.45, 2.75) is 19.3 Å². The van der Waals surface area contributed by atoms with Crippen LogP contribution in [0.4, 0.5) is 11.4 Å². The Balaban J connectivity index is 2.20. The first-order chi connectivity index (χ1) is 9.61. The van der Waals surface area contributed by atoms with Gasteiger partial charge in [0.05, 0.1) is 4.92 Å². The molecule has 0 spiro atoms. The Kier molecular flexibility index (Phi) is 4.49. The molecule has 0 bridgehead atoms. The summed E-state index contributed by atoms with van der Waals surface area (Å²) in [5.41, 5.74) is 5.28. The Morgan fingerprint density at radius 3 is 2.60 bits per heavy atom. The van der Waals surface area contributed by atoms with Crippen molar-refractivity contribution in [1.82, 2.24) is 10.4 Å². The average molecular weight is 279 g/mol. The molecule has 1 aromatic rings.